The molecule has 0 radical (unpaired) electrons. The number of anilines is 1. The highest BCUT2D eigenvalue weighted by atomic mass is 35.5. The summed E-state index contributed by atoms with van der Waals surface area (Å²) in [4.78, 5) is 28.6. The molecule has 0 bridgehead atoms. The normalized spacial score (nSPS) is 14.8. The predicted molar refractivity (Wildman–Crippen MR) is 137 cm³/mol. The third-order valence-corrected chi connectivity index (χ3v) is 5.95. The van der Waals surface area contributed by atoms with Crippen LogP contribution >= 0.6 is 11.6 Å². The Bertz CT molecular complexity index is 1290. The number of alkyl halides is 2. The van der Waals surface area contributed by atoms with Crippen molar-refractivity contribution in [3.63, 3.8) is 0 Å². The number of piperazine rings is 1. The maximum atomic E-state index is 13.9. The van der Waals surface area contributed by atoms with E-state index >= 15 is 0 Å². The van der Waals surface area contributed by atoms with E-state index in [1.807, 2.05) is 20.8 Å². The zero-order valence-electron chi connectivity index (χ0n) is 20.8. The van der Waals surface area contributed by atoms with Crippen molar-refractivity contribution in [2.75, 3.05) is 44.6 Å². The number of fused-ring (bicyclic) bond motifs is 1. The van der Waals surface area contributed by atoms with E-state index in [0.717, 1.165) is 6.21 Å². The van der Waals surface area contributed by atoms with Crippen molar-refractivity contribution in [3.05, 3.63) is 40.9 Å². The molecule has 1 aliphatic heterocycles. The standard InChI is InChI=1S/C24H29ClF2N8O2/c1-24(2,3)37-23(36)34-12-10-33(11-13-34)9-8-29-19-15(14-28)20(32-22(25)31-19)35-17-7-5-4-6-16(17)30-21(35)18(26)27/h4-7,14,18,28H,8-13H2,1-3H3,(H,29,31,32). The third-order valence-electron chi connectivity index (χ3n) is 5.78. The van der Waals surface area contributed by atoms with Gasteiger partial charge in [0.2, 0.25) is 5.28 Å². The first-order valence-electron chi connectivity index (χ1n) is 11.9. The molecule has 0 atom stereocenters. The molecule has 37 heavy (non-hydrogen) atoms. The van der Waals surface area contributed by atoms with E-state index in [-0.39, 0.29) is 28.6 Å². The van der Waals surface area contributed by atoms with Crippen molar-refractivity contribution in [1.82, 2.24) is 29.3 Å². The Kier molecular flexibility index (Phi) is 7.88. The second-order valence-corrected chi connectivity index (χ2v) is 9.89. The Morgan fingerprint density at radius 2 is 1.89 bits per heavy atom. The predicted octanol–water partition coefficient (Wildman–Crippen LogP) is 4.37. The first-order valence-corrected chi connectivity index (χ1v) is 12.2. The molecule has 1 aromatic carbocycles. The van der Waals surface area contributed by atoms with E-state index in [1.54, 1.807) is 29.2 Å². The molecule has 3 aromatic rings. The number of carbonyl (C=O) groups is 1. The second-order valence-electron chi connectivity index (χ2n) is 9.55. The third kappa shape index (κ3) is 6.13. The fourth-order valence-corrected chi connectivity index (χ4v) is 4.26. The maximum absolute atomic E-state index is 13.9. The van der Waals surface area contributed by atoms with Crippen LogP contribution in [0.3, 0.4) is 0 Å². The Labute approximate surface area is 218 Å². The van der Waals surface area contributed by atoms with E-state index in [2.05, 4.69) is 25.2 Å². The minimum atomic E-state index is -2.87. The van der Waals surface area contributed by atoms with Gasteiger partial charge in [0.25, 0.3) is 6.43 Å². The zero-order chi connectivity index (χ0) is 26.7. The highest BCUT2D eigenvalue weighted by Gasteiger charge is 2.27. The number of ether oxygens (including phenoxy) is 1. The minimum absolute atomic E-state index is 0.0486. The molecule has 0 saturated carbocycles. The van der Waals surface area contributed by atoms with Crippen molar-refractivity contribution < 1.29 is 18.3 Å². The van der Waals surface area contributed by atoms with E-state index < -0.39 is 17.9 Å². The van der Waals surface area contributed by atoms with Gasteiger partial charge in [-0.2, -0.15) is 9.97 Å². The van der Waals surface area contributed by atoms with Crippen LogP contribution in [0.5, 0.6) is 0 Å². The average Bonchev–Trinajstić information content (AvgIpc) is 3.23. The summed E-state index contributed by atoms with van der Waals surface area (Å²) in [6, 6.07) is 6.71. The van der Waals surface area contributed by atoms with Gasteiger partial charge in [-0.1, -0.05) is 12.1 Å². The largest absolute Gasteiger partial charge is 0.444 e. The average molecular weight is 535 g/mol. The highest BCUT2D eigenvalue weighted by Crippen LogP contribution is 2.30. The van der Waals surface area contributed by atoms with Gasteiger partial charge < -0.3 is 20.4 Å². The molecule has 3 heterocycles. The summed E-state index contributed by atoms with van der Waals surface area (Å²) in [6.45, 7) is 9.04. The molecule has 0 unspecified atom stereocenters. The molecule has 198 valence electrons. The second kappa shape index (κ2) is 10.9. The monoisotopic (exact) mass is 534 g/mol. The van der Waals surface area contributed by atoms with Gasteiger partial charge in [0.1, 0.15) is 11.4 Å². The van der Waals surface area contributed by atoms with E-state index in [1.165, 1.54) is 4.57 Å². The maximum Gasteiger partial charge on any atom is 0.410 e. The van der Waals surface area contributed by atoms with Crippen molar-refractivity contribution in [2.45, 2.75) is 32.8 Å². The Balaban J connectivity index is 1.48. The topological polar surface area (TPSA) is 112 Å². The summed E-state index contributed by atoms with van der Waals surface area (Å²) < 4.78 is 34.4. The number of rotatable bonds is 7. The fraction of sp³-hybridized carbons (Fsp3) is 0.458. The van der Waals surface area contributed by atoms with Crippen LogP contribution < -0.4 is 5.32 Å². The van der Waals surface area contributed by atoms with E-state index in [4.69, 9.17) is 21.7 Å². The molecule has 4 rings (SSSR count). The number of nitrogens with zero attached hydrogens (tertiary/aromatic N) is 6. The number of para-hydroxylation sites is 2. The zero-order valence-corrected chi connectivity index (χ0v) is 21.6. The molecule has 0 spiro atoms. The smallest absolute Gasteiger partial charge is 0.410 e. The Morgan fingerprint density at radius 1 is 1.19 bits per heavy atom. The van der Waals surface area contributed by atoms with Crippen molar-refractivity contribution in [3.8, 4) is 5.82 Å². The SMILES string of the molecule is CC(C)(C)OC(=O)N1CCN(CCNc2nc(Cl)nc(-n3c(C(F)F)nc4ccccc43)c2C=N)CC1. The molecular weight excluding hydrogens is 506 g/mol. The summed E-state index contributed by atoms with van der Waals surface area (Å²) in [5.74, 6) is -0.185. The van der Waals surface area contributed by atoms with Crippen LogP contribution in [0.1, 0.15) is 38.6 Å². The lowest BCUT2D eigenvalue weighted by Gasteiger charge is -2.35. The van der Waals surface area contributed by atoms with Crippen LogP contribution in [0.4, 0.5) is 19.4 Å². The number of benzene rings is 1. The van der Waals surface area contributed by atoms with Gasteiger partial charge in [-0.25, -0.2) is 18.6 Å². The highest BCUT2D eigenvalue weighted by molar-refractivity contribution is 6.28. The quantitative estimate of drug-likeness (QED) is 0.342. The lowest BCUT2D eigenvalue weighted by molar-refractivity contribution is 0.0148. The summed E-state index contributed by atoms with van der Waals surface area (Å²) >= 11 is 6.18. The summed E-state index contributed by atoms with van der Waals surface area (Å²) in [5, 5.41) is 11.0. The van der Waals surface area contributed by atoms with Crippen LogP contribution in [0.25, 0.3) is 16.9 Å². The molecule has 1 amide bonds. The van der Waals surface area contributed by atoms with Crippen LogP contribution in [-0.2, 0) is 4.74 Å². The van der Waals surface area contributed by atoms with Crippen molar-refractivity contribution in [1.29, 1.82) is 5.41 Å². The number of carbonyl (C=O) groups excluding carboxylic acids is 1. The number of imidazole rings is 1. The molecule has 1 saturated heterocycles. The van der Waals surface area contributed by atoms with Gasteiger partial charge in [-0.3, -0.25) is 9.47 Å². The molecule has 1 aliphatic rings. The molecule has 1 fully saturated rings. The lowest BCUT2D eigenvalue weighted by Crippen LogP contribution is -2.50. The summed E-state index contributed by atoms with van der Waals surface area (Å²) in [5.41, 5.74) is 0.471. The van der Waals surface area contributed by atoms with Crippen molar-refractivity contribution in [2.24, 2.45) is 0 Å². The Hall–Kier alpha value is -3.38. The number of hydrogen-bond donors (Lipinski definition) is 2. The van der Waals surface area contributed by atoms with Gasteiger partial charge in [-0.15, -0.1) is 0 Å². The van der Waals surface area contributed by atoms with Crippen LogP contribution in [0.2, 0.25) is 5.28 Å². The number of halogens is 3. The molecule has 2 N–H and O–H groups in total. The molecule has 2 aromatic heterocycles. The van der Waals surface area contributed by atoms with Gasteiger partial charge in [0, 0.05) is 45.5 Å². The lowest BCUT2D eigenvalue weighted by atomic mass is 10.2. The number of hydrogen-bond acceptors (Lipinski definition) is 8. The number of nitrogens with one attached hydrogen (secondary N) is 2. The Morgan fingerprint density at radius 3 is 2.54 bits per heavy atom. The van der Waals surface area contributed by atoms with Crippen molar-refractivity contribution >= 4 is 40.8 Å². The molecular formula is C24H29ClF2N8O2. The fourth-order valence-electron chi connectivity index (χ4n) is 4.10. The van der Waals surface area contributed by atoms with Gasteiger partial charge in [0.05, 0.1) is 16.6 Å². The summed E-state index contributed by atoms with van der Waals surface area (Å²) in [6.07, 6.45) is -2.17. The van der Waals surface area contributed by atoms with Crippen LogP contribution in [-0.4, -0.2) is 86.5 Å². The number of aromatic nitrogens is 4. The van der Waals surface area contributed by atoms with Gasteiger partial charge in [0.15, 0.2) is 11.6 Å². The van der Waals surface area contributed by atoms with Crippen LogP contribution in [0.15, 0.2) is 24.3 Å². The van der Waals surface area contributed by atoms with Gasteiger partial charge >= 0.3 is 6.09 Å². The minimum Gasteiger partial charge on any atom is -0.444 e. The first kappa shape index (κ1) is 26.7. The van der Waals surface area contributed by atoms with E-state index in [0.29, 0.717) is 50.3 Å². The molecule has 0 aliphatic carbocycles. The van der Waals surface area contributed by atoms with Gasteiger partial charge in [-0.05, 0) is 44.5 Å². The molecule has 13 heteroatoms. The van der Waals surface area contributed by atoms with E-state index in [9.17, 15) is 13.6 Å². The van der Waals surface area contributed by atoms with Crippen LogP contribution in [0, 0.1) is 5.41 Å². The number of amides is 1. The molecule has 10 nitrogen and oxygen atoms in total. The summed E-state index contributed by atoms with van der Waals surface area (Å²) in [7, 11) is 0. The first-order chi connectivity index (χ1) is 17.6.